The molecule has 6 nitrogen and oxygen atoms in total. The first kappa shape index (κ1) is 22.2. The lowest BCUT2D eigenvalue weighted by Gasteiger charge is -2.14. The molecule has 1 aliphatic rings. The van der Waals surface area contributed by atoms with Gasteiger partial charge >= 0.3 is 12.0 Å². The van der Waals surface area contributed by atoms with Gasteiger partial charge in [0.05, 0.1) is 5.92 Å². The van der Waals surface area contributed by atoms with Gasteiger partial charge in [0.15, 0.2) is 5.78 Å². The molecule has 3 aromatic carbocycles. The second-order valence-electron chi connectivity index (χ2n) is 8.09. The highest BCUT2D eigenvalue weighted by molar-refractivity contribution is 6.01. The van der Waals surface area contributed by atoms with E-state index in [0.29, 0.717) is 29.8 Å². The van der Waals surface area contributed by atoms with Gasteiger partial charge in [-0.25, -0.2) is 9.18 Å². The summed E-state index contributed by atoms with van der Waals surface area (Å²) in [6, 6.07) is 19.4. The SMILES string of the molecule is O=C(Nc1ccc(F)cc1)Nc1ccc(-c2ccc(C(=O)C3CCCC3C(=O)O)cc2)cc1. The number of hydrogen-bond donors (Lipinski definition) is 3. The number of anilines is 2. The largest absolute Gasteiger partial charge is 0.481 e. The normalized spacial score (nSPS) is 17.4. The van der Waals surface area contributed by atoms with Gasteiger partial charge in [-0.2, -0.15) is 0 Å². The van der Waals surface area contributed by atoms with Crippen LogP contribution in [0.15, 0.2) is 72.8 Å². The van der Waals surface area contributed by atoms with E-state index in [9.17, 15) is 23.9 Å². The lowest BCUT2D eigenvalue weighted by molar-refractivity contribution is -0.142. The zero-order chi connectivity index (χ0) is 23.4. The van der Waals surface area contributed by atoms with Crippen LogP contribution >= 0.6 is 0 Å². The fourth-order valence-corrected chi connectivity index (χ4v) is 4.18. The van der Waals surface area contributed by atoms with Crippen LogP contribution in [0.4, 0.5) is 20.6 Å². The molecule has 1 saturated carbocycles. The van der Waals surface area contributed by atoms with Crippen molar-refractivity contribution in [3.8, 4) is 11.1 Å². The Kier molecular flexibility index (Phi) is 6.49. The summed E-state index contributed by atoms with van der Waals surface area (Å²) in [7, 11) is 0. The van der Waals surface area contributed by atoms with Gasteiger partial charge in [-0.3, -0.25) is 9.59 Å². The zero-order valence-electron chi connectivity index (χ0n) is 17.8. The van der Waals surface area contributed by atoms with Crippen LogP contribution < -0.4 is 10.6 Å². The molecule has 0 heterocycles. The molecular weight excluding hydrogens is 423 g/mol. The quantitative estimate of drug-likeness (QED) is 0.416. The molecule has 0 bridgehead atoms. The van der Waals surface area contributed by atoms with Crippen molar-refractivity contribution in [3.05, 3.63) is 84.2 Å². The molecule has 1 aliphatic carbocycles. The number of carbonyl (C=O) groups is 3. The molecule has 33 heavy (non-hydrogen) atoms. The van der Waals surface area contributed by atoms with E-state index in [-0.39, 0.29) is 11.6 Å². The number of amides is 2. The second kappa shape index (κ2) is 9.65. The Morgan fingerprint density at radius 2 is 1.21 bits per heavy atom. The van der Waals surface area contributed by atoms with Crippen molar-refractivity contribution < 1.29 is 23.9 Å². The number of carboxylic acids is 1. The highest BCUT2D eigenvalue weighted by atomic mass is 19.1. The first-order valence-corrected chi connectivity index (χ1v) is 10.7. The maximum Gasteiger partial charge on any atom is 0.323 e. The van der Waals surface area contributed by atoms with Gasteiger partial charge in [0, 0.05) is 22.9 Å². The van der Waals surface area contributed by atoms with Crippen molar-refractivity contribution in [2.24, 2.45) is 11.8 Å². The summed E-state index contributed by atoms with van der Waals surface area (Å²) in [6.45, 7) is 0. The summed E-state index contributed by atoms with van der Waals surface area (Å²) >= 11 is 0. The molecule has 0 aromatic heterocycles. The third kappa shape index (κ3) is 5.26. The van der Waals surface area contributed by atoms with Crippen molar-refractivity contribution in [1.82, 2.24) is 0 Å². The van der Waals surface area contributed by atoms with E-state index in [1.165, 1.54) is 24.3 Å². The molecule has 2 atom stereocenters. The van der Waals surface area contributed by atoms with Crippen molar-refractivity contribution in [3.63, 3.8) is 0 Å². The Morgan fingerprint density at radius 1 is 0.727 bits per heavy atom. The number of halogens is 1. The predicted octanol–water partition coefficient (Wildman–Crippen LogP) is 5.82. The summed E-state index contributed by atoms with van der Waals surface area (Å²) in [4.78, 5) is 36.3. The highest BCUT2D eigenvalue weighted by Gasteiger charge is 2.37. The predicted molar refractivity (Wildman–Crippen MR) is 124 cm³/mol. The van der Waals surface area contributed by atoms with Crippen LogP contribution in [-0.4, -0.2) is 22.9 Å². The molecule has 168 valence electrons. The van der Waals surface area contributed by atoms with Crippen LogP contribution in [0.3, 0.4) is 0 Å². The van der Waals surface area contributed by atoms with Gasteiger partial charge in [0.2, 0.25) is 0 Å². The number of Topliss-reactive ketones (excluding diaryl/α,β-unsaturated/α-hetero) is 1. The monoisotopic (exact) mass is 446 g/mol. The number of carbonyl (C=O) groups excluding carboxylic acids is 2. The van der Waals surface area contributed by atoms with Crippen molar-refractivity contribution in [2.75, 3.05) is 10.6 Å². The van der Waals surface area contributed by atoms with Gasteiger partial charge in [0.1, 0.15) is 5.82 Å². The minimum atomic E-state index is -0.900. The fourth-order valence-electron chi connectivity index (χ4n) is 4.18. The van der Waals surface area contributed by atoms with Gasteiger partial charge in [0.25, 0.3) is 0 Å². The fraction of sp³-hybridized carbons (Fsp3) is 0.192. The van der Waals surface area contributed by atoms with E-state index in [4.69, 9.17) is 0 Å². The van der Waals surface area contributed by atoms with E-state index in [1.54, 1.807) is 24.3 Å². The standard InChI is InChI=1S/C26H23FN2O4/c27-19-10-14-21(15-11-19)29-26(33)28-20-12-8-17(9-13-20)16-4-6-18(7-5-16)24(30)22-2-1-3-23(22)25(31)32/h4-15,22-23H,1-3H2,(H,31,32)(H2,28,29,33). The molecule has 3 aromatic rings. The first-order chi connectivity index (χ1) is 15.9. The number of nitrogens with one attached hydrogen (secondary N) is 2. The molecule has 2 unspecified atom stereocenters. The lowest BCUT2D eigenvalue weighted by atomic mass is 9.88. The molecule has 4 rings (SSSR count). The summed E-state index contributed by atoms with van der Waals surface area (Å²) in [6.07, 6.45) is 1.92. The van der Waals surface area contributed by atoms with E-state index in [2.05, 4.69) is 10.6 Å². The molecule has 0 radical (unpaired) electrons. The summed E-state index contributed by atoms with van der Waals surface area (Å²) < 4.78 is 13.0. The molecule has 2 amide bonds. The van der Waals surface area contributed by atoms with Crippen molar-refractivity contribution in [1.29, 1.82) is 0 Å². The smallest absolute Gasteiger partial charge is 0.323 e. The van der Waals surface area contributed by atoms with Crippen LogP contribution in [0.1, 0.15) is 29.6 Å². The second-order valence-corrected chi connectivity index (χ2v) is 8.09. The van der Waals surface area contributed by atoms with Crippen molar-refractivity contribution in [2.45, 2.75) is 19.3 Å². The molecule has 0 aliphatic heterocycles. The molecule has 0 spiro atoms. The molecule has 3 N–H and O–H groups in total. The highest BCUT2D eigenvalue weighted by Crippen LogP contribution is 2.34. The van der Waals surface area contributed by atoms with Crippen LogP contribution in [-0.2, 0) is 4.79 Å². The van der Waals surface area contributed by atoms with Gasteiger partial charge < -0.3 is 15.7 Å². The molecule has 0 saturated heterocycles. The van der Waals surface area contributed by atoms with Crippen LogP contribution in [0.5, 0.6) is 0 Å². The molecule has 7 heteroatoms. The molecular formula is C26H23FN2O4. The number of carboxylic acid groups (broad SMARTS) is 1. The van der Waals surface area contributed by atoms with E-state index in [1.807, 2.05) is 24.3 Å². The number of ketones is 1. The van der Waals surface area contributed by atoms with E-state index in [0.717, 1.165) is 17.5 Å². The van der Waals surface area contributed by atoms with Crippen LogP contribution in [0, 0.1) is 17.7 Å². The Morgan fingerprint density at radius 3 is 1.76 bits per heavy atom. The Bertz CT molecular complexity index is 1160. The van der Waals surface area contributed by atoms with Gasteiger partial charge in [-0.15, -0.1) is 0 Å². The number of urea groups is 1. The van der Waals surface area contributed by atoms with Gasteiger partial charge in [-0.1, -0.05) is 42.8 Å². The molecule has 1 fully saturated rings. The lowest BCUT2D eigenvalue weighted by Crippen LogP contribution is -2.25. The van der Waals surface area contributed by atoms with E-state index >= 15 is 0 Å². The Hall–Kier alpha value is -4.00. The van der Waals surface area contributed by atoms with Gasteiger partial charge in [-0.05, 0) is 60.4 Å². The van der Waals surface area contributed by atoms with Crippen molar-refractivity contribution >= 4 is 29.2 Å². The summed E-state index contributed by atoms with van der Waals surface area (Å²) in [5.41, 5.74) is 3.39. The first-order valence-electron chi connectivity index (χ1n) is 10.7. The maximum atomic E-state index is 13.0. The van der Waals surface area contributed by atoms with E-state index < -0.39 is 23.8 Å². The number of aliphatic carboxylic acids is 1. The Labute approximate surface area is 190 Å². The minimum Gasteiger partial charge on any atom is -0.481 e. The van der Waals surface area contributed by atoms with Crippen LogP contribution in [0.2, 0.25) is 0 Å². The summed E-state index contributed by atoms with van der Waals surface area (Å²) in [5.74, 6) is -2.45. The number of hydrogen-bond acceptors (Lipinski definition) is 3. The Balaban J connectivity index is 1.38. The third-order valence-corrected chi connectivity index (χ3v) is 5.92. The maximum absolute atomic E-state index is 13.0. The number of benzene rings is 3. The zero-order valence-corrected chi connectivity index (χ0v) is 17.8. The third-order valence-electron chi connectivity index (χ3n) is 5.92. The average molecular weight is 446 g/mol. The average Bonchev–Trinajstić information content (AvgIpc) is 3.31. The van der Waals surface area contributed by atoms with Crippen LogP contribution in [0.25, 0.3) is 11.1 Å². The number of rotatable bonds is 6. The summed E-state index contributed by atoms with van der Waals surface area (Å²) in [5, 5.41) is 14.7. The minimum absolute atomic E-state index is 0.113. The topological polar surface area (TPSA) is 95.5 Å².